The van der Waals surface area contributed by atoms with Crippen LogP contribution in [0, 0.1) is 16.0 Å². The number of carboxylic acid groups (broad SMARTS) is 1. The second kappa shape index (κ2) is 6.51. The number of nitrogens with zero attached hydrogens (tertiary/aromatic N) is 2. The number of aliphatic carboxylic acids is 1. The third-order valence-corrected chi connectivity index (χ3v) is 3.27. The third-order valence-electron chi connectivity index (χ3n) is 2.77. The largest absolute Gasteiger partial charge is 0.481 e. The molecule has 19 heavy (non-hydrogen) atoms. The van der Waals surface area contributed by atoms with Gasteiger partial charge in [0.25, 0.3) is 5.69 Å². The lowest BCUT2D eigenvalue weighted by molar-refractivity contribution is -0.384. The topological polar surface area (TPSA) is 83.7 Å². The van der Waals surface area contributed by atoms with Gasteiger partial charge in [-0.15, -0.1) is 0 Å². The van der Waals surface area contributed by atoms with Crippen molar-refractivity contribution >= 4 is 33.3 Å². The molecule has 0 spiro atoms. The highest BCUT2D eigenvalue weighted by Gasteiger charge is 2.22. The highest BCUT2D eigenvalue weighted by Crippen LogP contribution is 2.31. The molecule has 1 atom stereocenters. The number of hydrogen-bond acceptors (Lipinski definition) is 4. The zero-order chi connectivity index (χ0) is 14.6. The van der Waals surface area contributed by atoms with E-state index in [4.69, 9.17) is 5.11 Å². The van der Waals surface area contributed by atoms with Crippen molar-refractivity contribution in [3.05, 3.63) is 32.8 Å². The molecule has 0 saturated carbocycles. The fourth-order valence-electron chi connectivity index (χ4n) is 1.72. The Kier molecular flexibility index (Phi) is 5.29. The van der Waals surface area contributed by atoms with Gasteiger partial charge < -0.3 is 10.0 Å². The lowest BCUT2D eigenvalue weighted by Crippen LogP contribution is -2.32. The summed E-state index contributed by atoms with van der Waals surface area (Å²) in [6, 6.07) is 4.75. The van der Waals surface area contributed by atoms with Crippen molar-refractivity contribution in [2.24, 2.45) is 5.92 Å². The van der Waals surface area contributed by atoms with Crippen molar-refractivity contribution in [1.29, 1.82) is 0 Å². The fourth-order valence-corrected chi connectivity index (χ4v) is 2.07. The van der Waals surface area contributed by atoms with Gasteiger partial charge in [-0.1, -0.05) is 22.9 Å². The number of halogens is 1. The van der Waals surface area contributed by atoms with E-state index in [2.05, 4.69) is 15.9 Å². The molecule has 0 aromatic heterocycles. The molecule has 0 bridgehead atoms. The van der Waals surface area contributed by atoms with Gasteiger partial charge in [0, 0.05) is 23.6 Å². The molecule has 0 fully saturated rings. The number of benzene rings is 1. The van der Waals surface area contributed by atoms with Gasteiger partial charge in [0.05, 0.1) is 10.8 Å². The Balaban J connectivity index is 3.11. The summed E-state index contributed by atoms with van der Waals surface area (Å²) in [4.78, 5) is 23.2. The maximum Gasteiger partial charge on any atom is 0.308 e. The lowest BCUT2D eigenvalue weighted by Gasteiger charge is -2.24. The Bertz CT molecular complexity index is 493. The summed E-state index contributed by atoms with van der Waals surface area (Å²) in [6.45, 7) is 4.14. The summed E-state index contributed by atoms with van der Waals surface area (Å²) >= 11 is 3.19. The zero-order valence-corrected chi connectivity index (χ0v) is 12.3. The first-order valence-electron chi connectivity index (χ1n) is 5.78. The average Bonchev–Trinajstić information content (AvgIpc) is 2.35. The maximum absolute atomic E-state index is 11.1. The van der Waals surface area contributed by atoms with E-state index in [1.165, 1.54) is 6.07 Å². The van der Waals surface area contributed by atoms with E-state index in [1.54, 1.807) is 24.0 Å². The molecule has 0 aliphatic heterocycles. The van der Waals surface area contributed by atoms with Crippen LogP contribution in [0.3, 0.4) is 0 Å². The van der Waals surface area contributed by atoms with Crippen LogP contribution >= 0.6 is 15.9 Å². The quantitative estimate of drug-likeness (QED) is 0.640. The standard InChI is InChI=1S/C12H15BrN2O4/c1-3-14(7-8(2)12(16)17)10-5-4-9(13)6-11(10)15(18)19/h4-6,8H,3,7H2,1-2H3,(H,16,17). The Morgan fingerprint density at radius 2 is 2.21 bits per heavy atom. The molecular formula is C12H15BrN2O4. The SMILES string of the molecule is CCN(CC(C)C(=O)O)c1ccc(Br)cc1[N+](=O)[O-]. The van der Waals surface area contributed by atoms with E-state index >= 15 is 0 Å². The van der Waals surface area contributed by atoms with Gasteiger partial charge >= 0.3 is 5.97 Å². The molecule has 6 nitrogen and oxygen atoms in total. The summed E-state index contributed by atoms with van der Waals surface area (Å²) < 4.78 is 0.616. The van der Waals surface area contributed by atoms with Crippen molar-refractivity contribution < 1.29 is 14.8 Å². The lowest BCUT2D eigenvalue weighted by atomic mass is 10.1. The molecule has 104 valence electrons. The average molecular weight is 331 g/mol. The Labute approximate surface area is 119 Å². The molecule has 1 aromatic carbocycles. The summed E-state index contributed by atoms with van der Waals surface area (Å²) in [5.74, 6) is -1.51. The van der Waals surface area contributed by atoms with E-state index in [0.29, 0.717) is 16.7 Å². The number of carboxylic acids is 1. The molecule has 0 radical (unpaired) electrons. The summed E-state index contributed by atoms with van der Waals surface area (Å²) in [5, 5.41) is 20.0. The predicted octanol–water partition coefficient (Wildman–Crippen LogP) is 2.90. The predicted molar refractivity (Wildman–Crippen MR) is 75.5 cm³/mol. The molecule has 0 heterocycles. The van der Waals surface area contributed by atoms with Crippen LogP contribution in [0.2, 0.25) is 0 Å². The summed E-state index contributed by atoms with van der Waals surface area (Å²) in [5.41, 5.74) is 0.401. The fraction of sp³-hybridized carbons (Fsp3) is 0.417. The van der Waals surface area contributed by atoms with E-state index in [1.807, 2.05) is 6.92 Å². The molecule has 0 saturated heterocycles. The van der Waals surface area contributed by atoms with E-state index in [-0.39, 0.29) is 12.2 Å². The number of anilines is 1. The minimum Gasteiger partial charge on any atom is -0.481 e. The van der Waals surface area contributed by atoms with Gasteiger partial charge in [-0.05, 0) is 19.1 Å². The van der Waals surface area contributed by atoms with Gasteiger partial charge in [-0.2, -0.15) is 0 Å². The van der Waals surface area contributed by atoms with Crippen molar-refractivity contribution in [3.8, 4) is 0 Å². The molecule has 1 aromatic rings. The molecule has 7 heteroatoms. The Morgan fingerprint density at radius 3 is 2.68 bits per heavy atom. The highest BCUT2D eigenvalue weighted by atomic mass is 79.9. The third kappa shape index (κ3) is 3.92. The molecule has 0 aliphatic carbocycles. The van der Waals surface area contributed by atoms with Crippen LogP contribution in [-0.2, 0) is 4.79 Å². The van der Waals surface area contributed by atoms with Crippen LogP contribution < -0.4 is 4.90 Å². The first-order valence-corrected chi connectivity index (χ1v) is 6.57. The molecule has 1 rings (SSSR count). The first-order chi connectivity index (χ1) is 8.86. The van der Waals surface area contributed by atoms with Crippen LogP contribution in [0.1, 0.15) is 13.8 Å². The number of rotatable bonds is 6. The van der Waals surface area contributed by atoms with E-state index in [9.17, 15) is 14.9 Å². The van der Waals surface area contributed by atoms with Crippen molar-refractivity contribution in [2.75, 3.05) is 18.0 Å². The molecular weight excluding hydrogens is 316 g/mol. The Morgan fingerprint density at radius 1 is 1.58 bits per heavy atom. The number of hydrogen-bond donors (Lipinski definition) is 1. The van der Waals surface area contributed by atoms with Crippen molar-refractivity contribution in [1.82, 2.24) is 0 Å². The van der Waals surface area contributed by atoms with Gasteiger partial charge in [-0.25, -0.2) is 0 Å². The number of nitro benzene ring substituents is 1. The zero-order valence-electron chi connectivity index (χ0n) is 10.7. The summed E-state index contributed by atoms with van der Waals surface area (Å²) in [6.07, 6.45) is 0. The Hall–Kier alpha value is -1.63. The molecule has 0 amide bonds. The maximum atomic E-state index is 11.1. The first kappa shape index (κ1) is 15.4. The minimum atomic E-state index is -0.918. The molecule has 1 N–H and O–H groups in total. The summed E-state index contributed by atoms with van der Waals surface area (Å²) in [7, 11) is 0. The van der Waals surface area contributed by atoms with E-state index in [0.717, 1.165) is 0 Å². The molecule has 0 aliphatic rings. The van der Waals surface area contributed by atoms with Crippen LogP contribution in [0.4, 0.5) is 11.4 Å². The van der Waals surface area contributed by atoms with E-state index < -0.39 is 16.8 Å². The smallest absolute Gasteiger partial charge is 0.308 e. The van der Waals surface area contributed by atoms with Gasteiger partial charge in [0.2, 0.25) is 0 Å². The second-order valence-electron chi connectivity index (χ2n) is 4.17. The van der Waals surface area contributed by atoms with Gasteiger partial charge in [0.15, 0.2) is 0 Å². The van der Waals surface area contributed by atoms with Crippen molar-refractivity contribution in [2.45, 2.75) is 13.8 Å². The van der Waals surface area contributed by atoms with Crippen LogP contribution in [0.15, 0.2) is 22.7 Å². The minimum absolute atomic E-state index is 0.0335. The van der Waals surface area contributed by atoms with Crippen molar-refractivity contribution in [3.63, 3.8) is 0 Å². The molecule has 1 unspecified atom stereocenters. The van der Waals surface area contributed by atoms with Crippen LogP contribution in [-0.4, -0.2) is 29.1 Å². The number of nitro groups is 1. The van der Waals surface area contributed by atoms with Crippen LogP contribution in [0.5, 0.6) is 0 Å². The van der Waals surface area contributed by atoms with Gasteiger partial charge in [-0.3, -0.25) is 14.9 Å². The monoisotopic (exact) mass is 330 g/mol. The van der Waals surface area contributed by atoms with Gasteiger partial charge in [0.1, 0.15) is 5.69 Å². The van der Waals surface area contributed by atoms with Crippen LogP contribution in [0.25, 0.3) is 0 Å². The normalized spacial score (nSPS) is 11.9. The number of carbonyl (C=O) groups is 1. The highest BCUT2D eigenvalue weighted by molar-refractivity contribution is 9.10. The second-order valence-corrected chi connectivity index (χ2v) is 5.08.